The van der Waals surface area contributed by atoms with Crippen LogP contribution in [0, 0.1) is 5.82 Å². The summed E-state index contributed by atoms with van der Waals surface area (Å²) in [5, 5.41) is 3.08. The topological polar surface area (TPSA) is 39.1 Å². The number of imidazole rings is 1. The molecule has 0 radical (unpaired) electrons. The Balaban J connectivity index is 2.57. The highest BCUT2D eigenvalue weighted by Crippen LogP contribution is 2.31. The van der Waals surface area contributed by atoms with Crippen LogP contribution >= 0.6 is 0 Å². The fourth-order valence-corrected chi connectivity index (χ4v) is 1.92. The predicted octanol–water partition coefficient (Wildman–Crippen LogP) is 1.95. The van der Waals surface area contributed by atoms with Crippen LogP contribution in [-0.2, 0) is 13.6 Å². The third-order valence-electron chi connectivity index (χ3n) is 2.82. The third-order valence-corrected chi connectivity index (χ3v) is 2.82. The first-order chi connectivity index (χ1) is 8.67. The van der Waals surface area contributed by atoms with Crippen LogP contribution in [0.3, 0.4) is 0 Å². The minimum absolute atomic E-state index is 0.299. The molecule has 0 saturated carbocycles. The smallest absolute Gasteiger partial charge is 0.128 e. The standard InChI is InChI=1S/C13H16FN3O/c1-15-7-11-13(16-8-17(11)2)10-6-9(14)4-5-12(10)18-3/h4-6,8,15H,7H2,1-3H3. The molecule has 2 rings (SSSR count). The minimum Gasteiger partial charge on any atom is -0.496 e. The second-order valence-corrected chi connectivity index (χ2v) is 4.03. The highest BCUT2D eigenvalue weighted by molar-refractivity contribution is 5.69. The van der Waals surface area contributed by atoms with E-state index in [0.717, 1.165) is 11.4 Å². The van der Waals surface area contributed by atoms with Crippen LogP contribution < -0.4 is 10.1 Å². The molecule has 2 aromatic rings. The number of aryl methyl sites for hydroxylation is 1. The van der Waals surface area contributed by atoms with Crippen molar-refractivity contribution < 1.29 is 9.13 Å². The first kappa shape index (κ1) is 12.6. The molecule has 1 N–H and O–H groups in total. The number of ether oxygens (including phenoxy) is 1. The zero-order valence-electron chi connectivity index (χ0n) is 10.7. The Kier molecular flexibility index (Phi) is 3.62. The fraction of sp³-hybridized carbons (Fsp3) is 0.308. The summed E-state index contributed by atoms with van der Waals surface area (Å²) in [4.78, 5) is 4.33. The lowest BCUT2D eigenvalue weighted by atomic mass is 10.1. The minimum atomic E-state index is -0.299. The van der Waals surface area contributed by atoms with Gasteiger partial charge in [-0.1, -0.05) is 0 Å². The first-order valence-electron chi connectivity index (χ1n) is 5.66. The summed E-state index contributed by atoms with van der Waals surface area (Å²) in [6, 6.07) is 4.44. The van der Waals surface area contributed by atoms with E-state index in [2.05, 4.69) is 10.3 Å². The number of aromatic nitrogens is 2. The van der Waals surface area contributed by atoms with Crippen molar-refractivity contribution in [3.63, 3.8) is 0 Å². The third kappa shape index (κ3) is 2.22. The van der Waals surface area contributed by atoms with Crippen LogP contribution in [0.4, 0.5) is 4.39 Å². The Morgan fingerprint density at radius 2 is 2.22 bits per heavy atom. The van der Waals surface area contributed by atoms with Crippen molar-refractivity contribution >= 4 is 0 Å². The van der Waals surface area contributed by atoms with E-state index in [-0.39, 0.29) is 5.82 Å². The fourth-order valence-electron chi connectivity index (χ4n) is 1.92. The van der Waals surface area contributed by atoms with Gasteiger partial charge < -0.3 is 14.6 Å². The van der Waals surface area contributed by atoms with Crippen molar-refractivity contribution in [2.75, 3.05) is 14.2 Å². The Morgan fingerprint density at radius 3 is 2.89 bits per heavy atom. The summed E-state index contributed by atoms with van der Waals surface area (Å²) in [6.45, 7) is 0.658. The summed E-state index contributed by atoms with van der Waals surface area (Å²) >= 11 is 0. The van der Waals surface area contributed by atoms with Crippen molar-refractivity contribution in [2.24, 2.45) is 7.05 Å². The van der Waals surface area contributed by atoms with E-state index < -0.39 is 0 Å². The Hall–Kier alpha value is -1.88. The second kappa shape index (κ2) is 5.18. The average molecular weight is 249 g/mol. The molecule has 1 heterocycles. The molecule has 0 unspecified atom stereocenters. The van der Waals surface area contributed by atoms with Crippen molar-refractivity contribution in [1.29, 1.82) is 0 Å². The van der Waals surface area contributed by atoms with Gasteiger partial charge in [0.25, 0.3) is 0 Å². The van der Waals surface area contributed by atoms with Gasteiger partial charge in [0.1, 0.15) is 11.6 Å². The molecule has 0 spiro atoms. The number of nitrogens with one attached hydrogen (secondary N) is 1. The number of rotatable bonds is 4. The van der Waals surface area contributed by atoms with Crippen LogP contribution in [0.5, 0.6) is 5.75 Å². The lowest BCUT2D eigenvalue weighted by Gasteiger charge is -2.09. The monoisotopic (exact) mass is 249 g/mol. The largest absolute Gasteiger partial charge is 0.496 e. The zero-order chi connectivity index (χ0) is 13.1. The van der Waals surface area contributed by atoms with Crippen LogP contribution in [-0.4, -0.2) is 23.7 Å². The molecule has 0 aliphatic heterocycles. The Morgan fingerprint density at radius 1 is 1.44 bits per heavy atom. The number of methoxy groups -OCH3 is 1. The molecule has 4 nitrogen and oxygen atoms in total. The lowest BCUT2D eigenvalue weighted by Crippen LogP contribution is -2.10. The van der Waals surface area contributed by atoms with Gasteiger partial charge in [-0.3, -0.25) is 0 Å². The lowest BCUT2D eigenvalue weighted by molar-refractivity contribution is 0.415. The van der Waals surface area contributed by atoms with Crippen molar-refractivity contribution in [2.45, 2.75) is 6.54 Å². The van der Waals surface area contributed by atoms with E-state index in [1.165, 1.54) is 12.1 Å². The van der Waals surface area contributed by atoms with E-state index in [1.54, 1.807) is 19.5 Å². The summed E-state index contributed by atoms with van der Waals surface area (Å²) < 4.78 is 20.6. The molecule has 0 aliphatic rings. The highest BCUT2D eigenvalue weighted by atomic mass is 19.1. The molecule has 0 saturated heterocycles. The van der Waals surface area contributed by atoms with Gasteiger partial charge >= 0.3 is 0 Å². The average Bonchev–Trinajstić information content (AvgIpc) is 2.72. The molecule has 0 fully saturated rings. The van der Waals surface area contributed by atoms with Gasteiger partial charge in [0.05, 0.1) is 24.8 Å². The van der Waals surface area contributed by atoms with Crippen molar-refractivity contribution in [1.82, 2.24) is 14.9 Å². The normalized spacial score (nSPS) is 10.7. The van der Waals surface area contributed by atoms with Gasteiger partial charge in [-0.15, -0.1) is 0 Å². The predicted molar refractivity (Wildman–Crippen MR) is 67.9 cm³/mol. The molecule has 18 heavy (non-hydrogen) atoms. The van der Waals surface area contributed by atoms with Crippen molar-refractivity contribution in [3.05, 3.63) is 36.0 Å². The Labute approximate surface area is 105 Å². The first-order valence-corrected chi connectivity index (χ1v) is 5.66. The Bertz CT molecular complexity index is 551. The van der Waals surface area contributed by atoms with E-state index in [0.29, 0.717) is 17.9 Å². The van der Waals surface area contributed by atoms with Crippen LogP contribution in [0.25, 0.3) is 11.3 Å². The number of halogens is 1. The van der Waals surface area contributed by atoms with E-state index in [9.17, 15) is 4.39 Å². The van der Waals surface area contributed by atoms with E-state index in [1.807, 2.05) is 18.7 Å². The van der Waals surface area contributed by atoms with Crippen molar-refractivity contribution in [3.8, 4) is 17.0 Å². The molecule has 0 atom stereocenters. The number of nitrogens with zero attached hydrogens (tertiary/aromatic N) is 2. The number of benzene rings is 1. The van der Waals surface area contributed by atoms with Gasteiger partial charge in [-0.25, -0.2) is 9.37 Å². The van der Waals surface area contributed by atoms with Crippen LogP contribution in [0.1, 0.15) is 5.69 Å². The molecule has 5 heteroatoms. The number of hydrogen-bond acceptors (Lipinski definition) is 3. The summed E-state index contributed by atoms with van der Waals surface area (Å²) in [5.74, 6) is 0.319. The summed E-state index contributed by atoms with van der Waals surface area (Å²) in [7, 11) is 5.34. The highest BCUT2D eigenvalue weighted by Gasteiger charge is 2.15. The molecule has 0 bridgehead atoms. The van der Waals surface area contributed by atoms with Crippen LogP contribution in [0.15, 0.2) is 24.5 Å². The molecule has 1 aromatic heterocycles. The quantitative estimate of drug-likeness (QED) is 0.900. The molecule has 0 amide bonds. The summed E-state index contributed by atoms with van der Waals surface area (Å²) in [5.41, 5.74) is 2.40. The second-order valence-electron chi connectivity index (χ2n) is 4.03. The number of hydrogen-bond donors (Lipinski definition) is 1. The van der Waals surface area contributed by atoms with Gasteiger partial charge in [-0.2, -0.15) is 0 Å². The van der Waals surface area contributed by atoms with E-state index in [4.69, 9.17) is 4.74 Å². The van der Waals surface area contributed by atoms with E-state index >= 15 is 0 Å². The zero-order valence-corrected chi connectivity index (χ0v) is 10.7. The van der Waals surface area contributed by atoms with Gasteiger partial charge in [0, 0.05) is 19.2 Å². The molecule has 0 aliphatic carbocycles. The van der Waals surface area contributed by atoms with Crippen LogP contribution in [0.2, 0.25) is 0 Å². The molecular formula is C13H16FN3O. The van der Waals surface area contributed by atoms with Gasteiger partial charge in [-0.05, 0) is 25.2 Å². The summed E-state index contributed by atoms with van der Waals surface area (Å²) in [6.07, 6.45) is 1.71. The maximum atomic E-state index is 13.4. The molecular weight excluding hydrogens is 233 g/mol. The van der Waals surface area contributed by atoms with Gasteiger partial charge in [0.15, 0.2) is 0 Å². The molecule has 96 valence electrons. The maximum Gasteiger partial charge on any atom is 0.128 e. The van der Waals surface area contributed by atoms with Gasteiger partial charge in [0.2, 0.25) is 0 Å². The maximum absolute atomic E-state index is 13.4. The SMILES string of the molecule is CNCc1c(-c2cc(F)ccc2OC)ncn1C. The molecule has 1 aromatic carbocycles.